The predicted octanol–water partition coefficient (Wildman–Crippen LogP) is 2.90. The summed E-state index contributed by atoms with van der Waals surface area (Å²) < 4.78 is 35.1. The monoisotopic (exact) mass is 323 g/mol. The Balaban J connectivity index is 3.03. The molecule has 0 aromatic carbocycles. The van der Waals surface area contributed by atoms with Gasteiger partial charge in [-0.1, -0.05) is 0 Å². The van der Waals surface area contributed by atoms with E-state index in [2.05, 4.69) is 20.9 Å². The molecule has 0 saturated carbocycles. The van der Waals surface area contributed by atoms with Crippen LogP contribution in [0.4, 0.5) is 8.78 Å². The van der Waals surface area contributed by atoms with E-state index in [1.807, 2.05) is 0 Å². The first-order chi connectivity index (χ1) is 8.49. The number of carbonyl (C=O) groups is 1. The number of carbonyl (C=O) groups excluding carboxylic acids is 1. The fourth-order valence-electron chi connectivity index (χ4n) is 1.37. The molecule has 0 spiro atoms. The molecule has 100 valence electrons. The molecule has 1 rings (SSSR count). The minimum absolute atomic E-state index is 0.00817. The molecule has 0 fully saturated rings. The van der Waals surface area contributed by atoms with Crippen molar-refractivity contribution >= 4 is 21.9 Å². The molecule has 0 radical (unpaired) electrons. The Hall–Kier alpha value is -1.24. The second-order valence-electron chi connectivity index (χ2n) is 3.30. The summed E-state index contributed by atoms with van der Waals surface area (Å²) in [6.07, 6.45) is -2.80. The Bertz CT molecular complexity index is 441. The van der Waals surface area contributed by atoms with Crippen LogP contribution in [0.2, 0.25) is 0 Å². The Morgan fingerprint density at radius 2 is 2.22 bits per heavy atom. The number of ether oxygens (including phenoxy) is 2. The van der Waals surface area contributed by atoms with E-state index < -0.39 is 12.4 Å². The number of methoxy groups -OCH3 is 1. The summed E-state index contributed by atoms with van der Waals surface area (Å²) in [4.78, 5) is 15.2. The lowest BCUT2D eigenvalue weighted by atomic mass is 10.2. The average molecular weight is 324 g/mol. The van der Waals surface area contributed by atoms with E-state index in [-0.39, 0.29) is 28.9 Å². The molecule has 1 aromatic heterocycles. The normalized spacial score (nSPS) is 10.6. The van der Waals surface area contributed by atoms with Gasteiger partial charge in [0.1, 0.15) is 10.4 Å². The molecule has 1 aromatic rings. The molecule has 4 nitrogen and oxygen atoms in total. The molecule has 7 heteroatoms. The zero-order valence-corrected chi connectivity index (χ0v) is 11.5. The smallest absolute Gasteiger partial charge is 0.311 e. The number of esters is 1. The maximum atomic E-state index is 12.7. The van der Waals surface area contributed by atoms with Crippen LogP contribution < -0.4 is 4.74 Å². The summed E-state index contributed by atoms with van der Waals surface area (Å²) in [6, 6.07) is 1.31. The van der Waals surface area contributed by atoms with Gasteiger partial charge >= 0.3 is 5.97 Å². The summed E-state index contributed by atoms with van der Waals surface area (Å²) in [7, 11) is 1.28. The standard InChI is InChI=1S/C11H12BrF2NO3/c1-3-18-8(16)5-6-4-7(17-2)9(11(13)14)10(12)15-6/h4,11H,3,5H2,1-2H3. The highest BCUT2D eigenvalue weighted by atomic mass is 79.9. The molecule has 0 bridgehead atoms. The minimum atomic E-state index is -2.71. The van der Waals surface area contributed by atoms with Gasteiger partial charge in [-0.05, 0) is 22.9 Å². The summed E-state index contributed by atoms with van der Waals surface area (Å²) in [5, 5.41) is 0. The highest BCUT2D eigenvalue weighted by molar-refractivity contribution is 9.10. The summed E-state index contributed by atoms with van der Waals surface area (Å²) >= 11 is 2.95. The molecule has 1 heterocycles. The second kappa shape index (κ2) is 6.63. The van der Waals surface area contributed by atoms with Crippen LogP contribution in [0.15, 0.2) is 10.7 Å². The molecule has 0 aliphatic rings. The van der Waals surface area contributed by atoms with E-state index in [1.165, 1.54) is 13.2 Å². The molecule has 0 amide bonds. The largest absolute Gasteiger partial charge is 0.496 e. The fraction of sp³-hybridized carbons (Fsp3) is 0.455. The lowest BCUT2D eigenvalue weighted by molar-refractivity contribution is -0.142. The predicted molar refractivity (Wildman–Crippen MR) is 63.8 cm³/mol. The first kappa shape index (κ1) is 14.8. The quantitative estimate of drug-likeness (QED) is 0.617. The first-order valence-corrected chi connectivity index (χ1v) is 5.96. The summed E-state index contributed by atoms with van der Waals surface area (Å²) in [5.74, 6) is -0.477. The van der Waals surface area contributed by atoms with Crippen molar-refractivity contribution in [3.8, 4) is 5.75 Å². The third-order valence-corrected chi connectivity index (χ3v) is 2.70. The number of pyridine rings is 1. The molecule has 0 unspecified atom stereocenters. The van der Waals surface area contributed by atoms with Gasteiger partial charge in [0.2, 0.25) is 0 Å². The lowest BCUT2D eigenvalue weighted by Gasteiger charge is -2.11. The number of alkyl halides is 2. The van der Waals surface area contributed by atoms with Gasteiger partial charge in [0, 0.05) is 6.07 Å². The molecule has 0 N–H and O–H groups in total. The van der Waals surface area contributed by atoms with Crippen molar-refractivity contribution in [1.82, 2.24) is 4.98 Å². The highest BCUT2D eigenvalue weighted by Gasteiger charge is 2.21. The van der Waals surface area contributed by atoms with Crippen molar-refractivity contribution in [2.24, 2.45) is 0 Å². The van der Waals surface area contributed by atoms with Crippen molar-refractivity contribution in [1.29, 1.82) is 0 Å². The van der Waals surface area contributed by atoms with Crippen LogP contribution in [-0.4, -0.2) is 24.7 Å². The van der Waals surface area contributed by atoms with E-state index in [9.17, 15) is 13.6 Å². The van der Waals surface area contributed by atoms with Crippen LogP contribution >= 0.6 is 15.9 Å². The maximum absolute atomic E-state index is 12.7. The van der Waals surface area contributed by atoms with E-state index in [0.717, 1.165) is 0 Å². The Morgan fingerprint density at radius 3 is 2.72 bits per heavy atom. The Morgan fingerprint density at radius 1 is 1.56 bits per heavy atom. The van der Waals surface area contributed by atoms with Crippen LogP contribution in [-0.2, 0) is 16.0 Å². The topological polar surface area (TPSA) is 48.4 Å². The van der Waals surface area contributed by atoms with Gasteiger partial charge in [0.25, 0.3) is 6.43 Å². The second-order valence-corrected chi connectivity index (χ2v) is 4.05. The Labute approximate surface area is 111 Å². The maximum Gasteiger partial charge on any atom is 0.311 e. The number of hydrogen-bond acceptors (Lipinski definition) is 4. The van der Waals surface area contributed by atoms with Crippen LogP contribution in [0.25, 0.3) is 0 Å². The first-order valence-electron chi connectivity index (χ1n) is 5.16. The third kappa shape index (κ3) is 3.63. The number of nitrogens with zero attached hydrogens (tertiary/aromatic N) is 1. The van der Waals surface area contributed by atoms with Gasteiger partial charge in [0.05, 0.1) is 31.4 Å². The van der Waals surface area contributed by atoms with Gasteiger partial charge in [-0.25, -0.2) is 13.8 Å². The van der Waals surface area contributed by atoms with Crippen molar-refractivity contribution in [3.05, 3.63) is 21.9 Å². The Kier molecular flexibility index (Phi) is 5.46. The number of rotatable bonds is 5. The van der Waals surface area contributed by atoms with Crippen LogP contribution in [0.3, 0.4) is 0 Å². The van der Waals surface area contributed by atoms with Crippen LogP contribution in [0, 0.1) is 0 Å². The van der Waals surface area contributed by atoms with E-state index in [0.29, 0.717) is 5.69 Å². The zero-order chi connectivity index (χ0) is 13.7. The molecule has 0 saturated heterocycles. The highest BCUT2D eigenvalue weighted by Crippen LogP contribution is 2.34. The number of aromatic nitrogens is 1. The molecule has 0 aliphatic carbocycles. The van der Waals surface area contributed by atoms with Gasteiger partial charge in [-0.15, -0.1) is 0 Å². The van der Waals surface area contributed by atoms with E-state index in [1.54, 1.807) is 6.92 Å². The SMILES string of the molecule is CCOC(=O)Cc1cc(OC)c(C(F)F)c(Br)n1. The minimum Gasteiger partial charge on any atom is -0.496 e. The van der Waals surface area contributed by atoms with Gasteiger partial charge in [0.15, 0.2) is 0 Å². The van der Waals surface area contributed by atoms with Gasteiger partial charge in [-0.3, -0.25) is 4.79 Å². The zero-order valence-electron chi connectivity index (χ0n) is 9.87. The van der Waals surface area contributed by atoms with Gasteiger partial charge < -0.3 is 9.47 Å². The molecule has 0 aliphatic heterocycles. The molecular weight excluding hydrogens is 312 g/mol. The van der Waals surface area contributed by atoms with Crippen LogP contribution in [0.5, 0.6) is 5.75 Å². The van der Waals surface area contributed by atoms with E-state index in [4.69, 9.17) is 9.47 Å². The fourth-order valence-corrected chi connectivity index (χ4v) is 1.96. The molecular formula is C11H12BrF2NO3. The van der Waals surface area contributed by atoms with Crippen LogP contribution in [0.1, 0.15) is 24.6 Å². The summed E-state index contributed by atoms with van der Waals surface area (Å²) in [5.41, 5.74) is -0.0216. The lowest BCUT2D eigenvalue weighted by Crippen LogP contribution is -2.10. The number of halogens is 3. The summed E-state index contributed by atoms with van der Waals surface area (Å²) in [6.45, 7) is 1.94. The van der Waals surface area contributed by atoms with Crippen molar-refractivity contribution in [2.75, 3.05) is 13.7 Å². The average Bonchev–Trinajstić information content (AvgIpc) is 2.27. The van der Waals surface area contributed by atoms with Crippen molar-refractivity contribution < 1.29 is 23.0 Å². The number of hydrogen-bond donors (Lipinski definition) is 0. The van der Waals surface area contributed by atoms with Crippen molar-refractivity contribution in [3.63, 3.8) is 0 Å². The molecule has 18 heavy (non-hydrogen) atoms. The third-order valence-electron chi connectivity index (χ3n) is 2.10. The molecule has 0 atom stereocenters. The van der Waals surface area contributed by atoms with E-state index >= 15 is 0 Å². The van der Waals surface area contributed by atoms with Gasteiger partial charge in [-0.2, -0.15) is 0 Å². The van der Waals surface area contributed by atoms with Crippen molar-refractivity contribution in [2.45, 2.75) is 19.8 Å².